The van der Waals surface area contributed by atoms with E-state index in [0.29, 0.717) is 27.3 Å². The Morgan fingerprint density at radius 3 is 2.84 bits per heavy atom. The number of nitrogens with one attached hydrogen (secondary N) is 1. The highest BCUT2D eigenvalue weighted by molar-refractivity contribution is 9.10. The maximum Gasteiger partial charge on any atom is 0.137 e. The van der Waals surface area contributed by atoms with Crippen molar-refractivity contribution in [3.05, 3.63) is 62.8 Å². The topological polar surface area (TPSA) is 35.8 Å². The lowest BCUT2D eigenvalue weighted by Crippen LogP contribution is -2.02. The van der Waals surface area contributed by atoms with Crippen LogP contribution in [0, 0.1) is 17.1 Å². The molecular weight excluding hydrogens is 331 g/mol. The third kappa shape index (κ3) is 3.25. The van der Waals surface area contributed by atoms with Gasteiger partial charge < -0.3 is 5.32 Å². The standard InChI is InChI=1S/C14H9BrClFN2/c15-14-10(2-1-3-12(14)17)8-19-13-6-11(16)5-4-9(13)7-18/h1-6,19H,8H2. The van der Waals surface area contributed by atoms with Crippen LogP contribution in [0.1, 0.15) is 11.1 Å². The van der Waals surface area contributed by atoms with Crippen molar-refractivity contribution in [2.24, 2.45) is 0 Å². The third-order valence-electron chi connectivity index (χ3n) is 2.60. The molecule has 0 bridgehead atoms. The van der Waals surface area contributed by atoms with Gasteiger partial charge in [-0.3, -0.25) is 0 Å². The summed E-state index contributed by atoms with van der Waals surface area (Å²) >= 11 is 9.09. The molecule has 0 atom stereocenters. The summed E-state index contributed by atoms with van der Waals surface area (Å²) in [5.74, 6) is -0.314. The zero-order chi connectivity index (χ0) is 13.8. The molecule has 0 saturated heterocycles. The van der Waals surface area contributed by atoms with Gasteiger partial charge in [0.25, 0.3) is 0 Å². The number of hydrogen-bond acceptors (Lipinski definition) is 2. The zero-order valence-corrected chi connectivity index (χ0v) is 12.1. The highest BCUT2D eigenvalue weighted by Crippen LogP contribution is 2.24. The fourth-order valence-corrected chi connectivity index (χ4v) is 2.21. The molecule has 0 heterocycles. The lowest BCUT2D eigenvalue weighted by Gasteiger charge is -2.10. The molecule has 96 valence electrons. The van der Waals surface area contributed by atoms with Crippen molar-refractivity contribution in [1.82, 2.24) is 0 Å². The average molecular weight is 340 g/mol. The molecule has 0 aliphatic carbocycles. The summed E-state index contributed by atoms with van der Waals surface area (Å²) in [5, 5.41) is 12.6. The molecular formula is C14H9BrClFN2. The van der Waals surface area contributed by atoms with Crippen molar-refractivity contribution in [3.8, 4) is 6.07 Å². The van der Waals surface area contributed by atoms with Gasteiger partial charge in [-0.25, -0.2) is 4.39 Å². The minimum atomic E-state index is -0.314. The van der Waals surface area contributed by atoms with Crippen LogP contribution in [0.15, 0.2) is 40.9 Å². The molecule has 0 amide bonds. The summed E-state index contributed by atoms with van der Waals surface area (Å²) in [4.78, 5) is 0. The Hall–Kier alpha value is -1.57. The Morgan fingerprint density at radius 2 is 2.11 bits per heavy atom. The molecule has 5 heteroatoms. The van der Waals surface area contributed by atoms with Crippen LogP contribution in [0.2, 0.25) is 5.02 Å². The highest BCUT2D eigenvalue weighted by Gasteiger charge is 2.07. The third-order valence-corrected chi connectivity index (χ3v) is 3.73. The Bertz CT molecular complexity index is 652. The first-order valence-electron chi connectivity index (χ1n) is 5.48. The van der Waals surface area contributed by atoms with Crippen molar-refractivity contribution >= 4 is 33.2 Å². The summed E-state index contributed by atoms with van der Waals surface area (Å²) < 4.78 is 13.8. The zero-order valence-electron chi connectivity index (χ0n) is 9.75. The summed E-state index contributed by atoms with van der Waals surface area (Å²) in [5.41, 5.74) is 1.90. The first-order chi connectivity index (χ1) is 9.11. The van der Waals surface area contributed by atoms with Crippen molar-refractivity contribution in [2.75, 3.05) is 5.32 Å². The number of rotatable bonds is 3. The smallest absolute Gasteiger partial charge is 0.137 e. The predicted octanol–water partition coefficient (Wildman–Crippen LogP) is 4.73. The van der Waals surface area contributed by atoms with E-state index >= 15 is 0 Å². The average Bonchev–Trinajstić information content (AvgIpc) is 2.40. The molecule has 0 unspecified atom stereocenters. The SMILES string of the molecule is N#Cc1ccc(Cl)cc1NCc1cccc(F)c1Br. The molecule has 0 radical (unpaired) electrons. The van der Waals surface area contributed by atoms with Crippen LogP contribution in [-0.2, 0) is 6.54 Å². The maximum absolute atomic E-state index is 13.4. The van der Waals surface area contributed by atoms with E-state index in [-0.39, 0.29) is 5.82 Å². The van der Waals surface area contributed by atoms with Crippen LogP contribution in [0.4, 0.5) is 10.1 Å². The van der Waals surface area contributed by atoms with E-state index in [0.717, 1.165) is 5.56 Å². The maximum atomic E-state index is 13.4. The van der Waals surface area contributed by atoms with Crippen LogP contribution in [-0.4, -0.2) is 0 Å². The molecule has 2 nitrogen and oxygen atoms in total. The molecule has 0 saturated carbocycles. The van der Waals surface area contributed by atoms with Gasteiger partial charge >= 0.3 is 0 Å². The molecule has 2 aromatic carbocycles. The molecule has 1 N–H and O–H groups in total. The van der Waals surface area contributed by atoms with Gasteiger partial charge in [0.1, 0.15) is 11.9 Å². The number of benzene rings is 2. The van der Waals surface area contributed by atoms with Crippen LogP contribution in [0.25, 0.3) is 0 Å². The van der Waals surface area contributed by atoms with Crippen molar-refractivity contribution in [2.45, 2.75) is 6.54 Å². The van der Waals surface area contributed by atoms with E-state index in [1.165, 1.54) is 6.07 Å². The first kappa shape index (κ1) is 13.9. The van der Waals surface area contributed by atoms with E-state index < -0.39 is 0 Å². The van der Waals surface area contributed by atoms with Crippen LogP contribution >= 0.6 is 27.5 Å². The molecule has 0 aromatic heterocycles. The van der Waals surface area contributed by atoms with Crippen molar-refractivity contribution in [3.63, 3.8) is 0 Å². The molecule has 0 fully saturated rings. The molecule has 0 aliphatic heterocycles. The fraction of sp³-hybridized carbons (Fsp3) is 0.0714. The highest BCUT2D eigenvalue weighted by atomic mass is 79.9. The number of nitriles is 1. The second kappa shape index (κ2) is 6.05. The van der Waals surface area contributed by atoms with Crippen molar-refractivity contribution < 1.29 is 4.39 Å². The second-order valence-corrected chi connectivity index (χ2v) is 5.10. The summed E-state index contributed by atoms with van der Waals surface area (Å²) in [7, 11) is 0. The summed E-state index contributed by atoms with van der Waals surface area (Å²) in [6.07, 6.45) is 0. The van der Waals surface area contributed by atoms with E-state index in [2.05, 4.69) is 27.3 Å². The molecule has 19 heavy (non-hydrogen) atoms. The normalized spacial score (nSPS) is 10.0. The van der Waals surface area contributed by atoms with Gasteiger partial charge in [-0.05, 0) is 45.8 Å². The molecule has 2 rings (SSSR count). The first-order valence-corrected chi connectivity index (χ1v) is 6.65. The largest absolute Gasteiger partial charge is 0.380 e. The number of hydrogen-bond donors (Lipinski definition) is 1. The monoisotopic (exact) mass is 338 g/mol. The number of halogens is 3. The van der Waals surface area contributed by atoms with Gasteiger partial charge in [0, 0.05) is 11.6 Å². The molecule has 0 aliphatic rings. The molecule has 0 spiro atoms. The van der Waals surface area contributed by atoms with Gasteiger partial charge in [-0.2, -0.15) is 5.26 Å². The Labute approximate surface area is 123 Å². The lowest BCUT2D eigenvalue weighted by atomic mass is 10.1. The van der Waals surface area contributed by atoms with Gasteiger partial charge in [0.2, 0.25) is 0 Å². The molecule has 2 aromatic rings. The lowest BCUT2D eigenvalue weighted by molar-refractivity contribution is 0.618. The van der Waals surface area contributed by atoms with E-state index in [1.54, 1.807) is 30.3 Å². The van der Waals surface area contributed by atoms with Gasteiger partial charge in [0.05, 0.1) is 15.7 Å². The van der Waals surface area contributed by atoms with Crippen molar-refractivity contribution in [1.29, 1.82) is 5.26 Å². The van der Waals surface area contributed by atoms with Gasteiger partial charge in [-0.1, -0.05) is 23.7 Å². The predicted molar refractivity (Wildman–Crippen MR) is 77.6 cm³/mol. The fourth-order valence-electron chi connectivity index (χ4n) is 1.64. The number of anilines is 1. The van der Waals surface area contributed by atoms with E-state index in [4.69, 9.17) is 16.9 Å². The van der Waals surface area contributed by atoms with Gasteiger partial charge in [0.15, 0.2) is 0 Å². The quantitative estimate of drug-likeness (QED) is 0.878. The minimum absolute atomic E-state index is 0.314. The van der Waals surface area contributed by atoms with E-state index in [9.17, 15) is 4.39 Å². The Balaban J connectivity index is 2.21. The Morgan fingerprint density at radius 1 is 1.32 bits per heavy atom. The van der Waals surface area contributed by atoms with E-state index in [1.807, 2.05) is 0 Å². The Kier molecular flexibility index (Phi) is 4.41. The summed E-state index contributed by atoms with van der Waals surface area (Å²) in [6, 6.07) is 11.9. The van der Waals surface area contributed by atoms with Crippen LogP contribution < -0.4 is 5.32 Å². The van der Waals surface area contributed by atoms with Gasteiger partial charge in [-0.15, -0.1) is 0 Å². The van der Waals surface area contributed by atoms with Crippen LogP contribution in [0.5, 0.6) is 0 Å². The van der Waals surface area contributed by atoms with Crippen LogP contribution in [0.3, 0.4) is 0 Å². The number of nitrogens with zero attached hydrogens (tertiary/aromatic N) is 1. The minimum Gasteiger partial charge on any atom is -0.380 e. The second-order valence-electron chi connectivity index (χ2n) is 3.87. The summed E-state index contributed by atoms with van der Waals surface area (Å²) in [6.45, 7) is 0.396.